The van der Waals surface area contributed by atoms with Crippen LogP contribution in [0.15, 0.2) is 46.7 Å². The summed E-state index contributed by atoms with van der Waals surface area (Å²) in [6.45, 7) is 0.414. The summed E-state index contributed by atoms with van der Waals surface area (Å²) in [5, 5.41) is 9.01. The average molecular weight is 551 g/mol. The molecule has 3 aromatic rings. The lowest BCUT2D eigenvalue weighted by Crippen LogP contribution is -2.41. The highest BCUT2D eigenvalue weighted by Crippen LogP contribution is 2.34. The van der Waals surface area contributed by atoms with E-state index in [1.807, 2.05) is 24.6 Å². The Morgan fingerprint density at radius 3 is 2.44 bits per heavy atom. The number of thiazole rings is 1. The van der Waals surface area contributed by atoms with E-state index in [1.54, 1.807) is 19.2 Å². The van der Waals surface area contributed by atoms with Gasteiger partial charge in [-0.1, -0.05) is 11.6 Å². The number of amides is 1. The molecular weight excluding hydrogens is 524 g/mol. The molecule has 2 N–H and O–H groups in total. The number of nitrogens with one attached hydrogen (secondary N) is 2. The number of hydrogen-bond acceptors (Lipinski definition) is 8. The number of nitrogens with zero attached hydrogens (tertiary/aromatic N) is 2. The molecule has 12 heteroatoms. The van der Waals surface area contributed by atoms with Crippen LogP contribution in [0.2, 0.25) is 5.02 Å². The quantitative estimate of drug-likeness (QED) is 0.423. The van der Waals surface area contributed by atoms with Crippen LogP contribution >= 0.6 is 22.9 Å². The van der Waals surface area contributed by atoms with Gasteiger partial charge in [0, 0.05) is 42.0 Å². The van der Waals surface area contributed by atoms with E-state index in [-0.39, 0.29) is 35.6 Å². The molecule has 0 unspecified atom stereocenters. The Morgan fingerprint density at radius 2 is 1.81 bits per heavy atom. The van der Waals surface area contributed by atoms with Crippen molar-refractivity contribution in [1.82, 2.24) is 9.29 Å². The molecule has 0 aliphatic carbocycles. The molecule has 0 saturated carbocycles. The summed E-state index contributed by atoms with van der Waals surface area (Å²) in [4.78, 5) is 17.6. The monoisotopic (exact) mass is 550 g/mol. The van der Waals surface area contributed by atoms with E-state index in [4.69, 9.17) is 21.1 Å². The number of hydrogen-bond donors (Lipinski definition) is 2. The number of carbonyl (C=O) groups is 1. The Morgan fingerprint density at radius 1 is 1.11 bits per heavy atom. The van der Waals surface area contributed by atoms with Gasteiger partial charge in [-0.25, -0.2) is 13.4 Å². The average Bonchev–Trinajstić information content (AvgIpc) is 3.38. The van der Waals surface area contributed by atoms with E-state index in [9.17, 15) is 13.2 Å². The minimum absolute atomic E-state index is 0.0189. The third-order valence-electron chi connectivity index (χ3n) is 6.04. The largest absolute Gasteiger partial charge is 0.495 e. The van der Waals surface area contributed by atoms with Gasteiger partial charge in [0.25, 0.3) is 0 Å². The van der Waals surface area contributed by atoms with E-state index < -0.39 is 10.0 Å². The maximum Gasteiger partial charge on any atom is 0.246 e. The fourth-order valence-electron chi connectivity index (χ4n) is 4.07. The van der Waals surface area contributed by atoms with Gasteiger partial charge in [0.2, 0.25) is 15.9 Å². The zero-order chi connectivity index (χ0) is 25.9. The molecule has 1 aliphatic rings. The van der Waals surface area contributed by atoms with Crippen LogP contribution < -0.4 is 20.1 Å². The molecule has 1 amide bonds. The number of anilines is 2. The molecular formula is C24H27ClN4O5S2. The summed E-state index contributed by atoms with van der Waals surface area (Å²) < 4.78 is 38.5. The van der Waals surface area contributed by atoms with Gasteiger partial charge in [-0.15, -0.1) is 11.3 Å². The molecule has 0 spiro atoms. The summed E-state index contributed by atoms with van der Waals surface area (Å²) >= 11 is 7.53. The molecule has 192 valence electrons. The van der Waals surface area contributed by atoms with Crippen LogP contribution in [0.25, 0.3) is 11.3 Å². The van der Waals surface area contributed by atoms with E-state index in [2.05, 4.69) is 15.6 Å². The van der Waals surface area contributed by atoms with Crippen molar-refractivity contribution < 1.29 is 22.7 Å². The molecule has 36 heavy (non-hydrogen) atoms. The first-order chi connectivity index (χ1) is 17.3. The Labute approximate surface area is 219 Å². The van der Waals surface area contributed by atoms with Crippen LogP contribution in [0.1, 0.15) is 12.8 Å². The van der Waals surface area contributed by atoms with Crippen molar-refractivity contribution >= 4 is 49.7 Å². The molecule has 9 nitrogen and oxygen atoms in total. The minimum atomic E-state index is -3.82. The number of methoxy groups -OCH3 is 2. The maximum absolute atomic E-state index is 13.2. The first-order valence-corrected chi connectivity index (χ1v) is 13.9. The van der Waals surface area contributed by atoms with Crippen molar-refractivity contribution in [1.29, 1.82) is 0 Å². The first kappa shape index (κ1) is 26.2. The molecule has 2 heterocycles. The fraction of sp³-hybridized carbons (Fsp3) is 0.333. The number of benzene rings is 2. The highest BCUT2D eigenvalue weighted by molar-refractivity contribution is 7.89. The van der Waals surface area contributed by atoms with Crippen LogP contribution in [0, 0.1) is 5.92 Å². The van der Waals surface area contributed by atoms with Gasteiger partial charge in [-0.3, -0.25) is 4.79 Å². The summed E-state index contributed by atoms with van der Waals surface area (Å²) in [5.74, 6) is 0.232. The lowest BCUT2D eigenvalue weighted by atomic mass is 9.97. The molecule has 0 bridgehead atoms. The Bertz CT molecular complexity index is 1350. The summed E-state index contributed by atoms with van der Waals surface area (Å²) in [6, 6.07) is 9.99. The van der Waals surface area contributed by atoms with Gasteiger partial charge in [0.1, 0.15) is 16.4 Å². The molecule has 1 aromatic heterocycles. The van der Waals surface area contributed by atoms with Crippen LogP contribution in [0.4, 0.5) is 10.8 Å². The van der Waals surface area contributed by atoms with E-state index in [0.717, 1.165) is 16.4 Å². The standard InChI is InChI=1S/C24H27ClN4O5S2/c1-26-24-28-19(14-35-24)16-4-6-20(33-2)18(12-16)27-23(30)15-8-10-29(11-9-15)36(31,32)22-13-17(25)5-7-21(22)34-3/h4-7,12-15H,8-11H2,1-3H3,(H,26,28)(H,27,30). The molecule has 0 radical (unpaired) electrons. The van der Waals surface area contributed by atoms with Crippen LogP contribution in [0.3, 0.4) is 0 Å². The molecule has 2 aromatic carbocycles. The van der Waals surface area contributed by atoms with Crippen molar-refractivity contribution in [2.24, 2.45) is 5.92 Å². The summed E-state index contributed by atoms with van der Waals surface area (Å²) in [6.07, 6.45) is 0.765. The van der Waals surface area contributed by atoms with E-state index >= 15 is 0 Å². The molecule has 0 atom stereocenters. The Kier molecular flexibility index (Phi) is 8.04. The SMILES string of the molecule is CNc1nc(-c2ccc(OC)c(NC(=O)C3CCN(S(=O)(=O)c4cc(Cl)ccc4OC)CC3)c2)cs1. The lowest BCUT2D eigenvalue weighted by molar-refractivity contribution is -0.120. The zero-order valence-electron chi connectivity index (χ0n) is 20.1. The van der Waals surface area contributed by atoms with Gasteiger partial charge >= 0.3 is 0 Å². The predicted molar refractivity (Wildman–Crippen MR) is 142 cm³/mol. The number of ether oxygens (including phenoxy) is 2. The number of halogens is 1. The third-order valence-corrected chi connectivity index (χ3v) is 9.05. The second-order valence-corrected chi connectivity index (χ2v) is 11.4. The summed E-state index contributed by atoms with van der Waals surface area (Å²) in [5.41, 5.74) is 2.18. The van der Waals surface area contributed by atoms with Crippen LogP contribution in [-0.4, -0.2) is 58.0 Å². The van der Waals surface area contributed by atoms with Crippen molar-refractivity contribution in [3.05, 3.63) is 46.8 Å². The Hall–Kier alpha value is -2.86. The number of carbonyl (C=O) groups excluding carboxylic acids is 1. The predicted octanol–water partition coefficient (Wildman–Crippen LogP) is 4.56. The first-order valence-electron chi connectivity index (χ1n) is 11.2. The summed E-state index contributed by atoms with van der Waals surface area (Å²) in [7, 11) is 0.943. The van der Waals surface area contributed by atoms with Crippen LogP contribution in [-0.2, 0) is 14.8 Å². The topological polar surface area (TPSA) is 110 Å². The van der Waals surface area contributed by atoms with Gasteiger partial charge in [0.15, 0.2) is 5.13 Å². The smallest absolute Gasteiger partial charge is 0.246 e. The fourth-order valence-corrected chi connectivity index (χ4v) is 6.64. The highest BCUT2D eigenvalue weighted by atomic mass is 35.5. The third kappa shape index (κ3) is 5.44. The van der Waals surface area contributed by atoms with Crippen molar-refractivity contribution in [2.75, 3.05) is 45.0 Å². The highest BCUT2D eigenvalue weighted by Gasteiger charge is 2.34. The minimum Gasteiger partial charge on any atom is -0.495 e. The normalized spacial score (nSPS) is 14.9. The second kappa shape index (κ2) is 11.0. The van der Waals surface area contributed by atoms with Gasteiger partial charge < -0.3 is 20.1 Å². The molecule has 1 saturated heterocycles. The maximum atomic E-state index is 13.2. The molecule has 1 aliphatic heterocycles. The zero-order valence-corrected chi connectivity index (χ0v) is 22.5. The lowest BCUT2D eigenvalue weighted by Gasteiger charge is -2.31. The number of sulfonamides is 1. The number of aromatic nitrogens is 1. The van der Waals surface area contributed by atoms with Crippen molar-refractivity contribution in [2.45, 2.75) is 17.7 Å². The van der Waals surface area contributed by atoms with Crippen molar-refractivity contribution in [3.63, 3.8) is 0 Å². The molecule has 1 fully saturated rings. The Balaban J connectivity index is 1.46. The molecule has 4 rings (SSSR count). The second-order valence-electron chi connectivity index (χ2n) is 8.17. The van der Waals surface area contributed by atoms with Gasteiger partial charge in [0.05, 0.1) is 25.6 Å². The number of piperidine rings is 1. The van der Waals surface area contributed by atoms with Gasteiger partial charge in [-0.05, 0) is 49.2 Å². The van der Waals surface area contributed by atoms with Crippen LogP contribution in [0.5, 0.6) is 11.5 Å². The number of rotatable bonds is 8. The van der Waals surface area contributed by atoms with Gasteiger partial charge in [-0.2, -0.15) is 4.31 Å². The van der Waals surface area contributed by atoms with E-state index in [1.165, 1.54) is 34.9 Å². The van der Waals surface area contributed by atoms with E-state index in [0.29, 0.717) is 29.3 Å². The van der Waals surface area contributed by atoms with Crippen molar-refractivity contribution in [3.8, 4) is 22.8 Å².